The minimum Gasteiger partial charge on any atom is -0.489 e. The number of hydrogen-bond acceptors (Lipinski definition) is 9. The average molecular weight is 469 g/mol. The Balaban J connectivity index is 1.47. The first-order chi connectivity index (χ1) is 16.4. The molecule has 1 aliphatic carbocycles. The van der Waals surface area contributed by atoms with Crippen LogP contribution in [0.5, 0.6) is 11.6 Å². The molecule has 0 amide bonds. The van der Waals surface area contributed by atoms with Crippen molar-refractivity contribution < 1.29 is 24.1 Å². The molecule has 0 spiro atoms. The first kappa shape index (κ1) is 23.6. The van der Waals surface area contributed by atoms with Gasteiger partial charge in [0.1, 0.15) is 30.1 Å². The second-order valence-electron chi connectivity index (χ2n) is 8.30. The summed E-state index contributed by atoms with van der Waals surface area (Å²) in [5.74, 6) is -0.0379. The van der Waals surface area contributed by atoms with E-state index in [1.165, 1.54) is 6.33 Å². The van der Waals surface area contributed by atoms with E-state index >= 15 is 0 Å². The van der Waals surface area contributed by atoms with Gasteiger partial charge in [0, 0.05) is 20.2 Å². The predicted molar refractivity (Wildman–Crippen MR) is 120 cm³/mol. The fourth-order valence-corrected chi connectivity index (χ4v) is 4.02. The third kappa shape index (κ3) is 5.48. The molecule has 0 aliphatic heterocycles. The van der Waals surface area contributed by atoms with E-state index in [1.54, 1.807) is 24.9 Å². The molecule has 0 unspecified atom stereocenters. The standard InChI is InChI=1S/C23H28N6O5/c1-14-20(34-17-6-4-5-15(9-17)23(30)31)8-7-18(26-14)22-19(29(2)28-27-22)12-33-21-10-16(11-32-3)24-13-25-21/h7-8,10,13,15,17H,4-6,9,11-12H2,1-3H3,(H,30,31)/t15-,17-/m0/s1. The maximum absolute atomic E-state index is 11.3. The van der Waals surface area contributed by atoms with E-state index in [9.17, 15) is 9.90 Å². The second-order valence-corrected chi connectivity index (χ2v) is 8.30. The van der Waals surface area contributed by atoms with E-state index in [1.807, 2.05) is 19.1 Å². The Kier molecular flexibility index (Phi) is 7.31. The molecule has 34 heavy (non-hydrogen) atoms. The molecule has 3 heterocycles. The van der Waals surface area contributed by atoms with Gasteiger partial charge in [-0.3, -0.25) is 4.79 Å². The summed E-state index contributed by atoms with van der Waals surface area (Å²) in [4.78, 5) is 24.3. The van der Waals surface area contributed by atoms with E-state index in [0.717, 1.165) is 24.2 Å². The van der Waals surface area contributed by atoms with E-state index in [-0.39, 0.29) is 18.6 Å². The van der Waals surface area contributed by atoms with Gasteiger partial charge in [-0.1, -0.05) is 5.21 Å². The van der Waals surface area contributed by atoms with Crippen molar-refractivity contribution in [1.29, 1.82) is 0 Å². The molecule has 3 aromatic heterocycles. The summed E-state index contributed by atoms with van der Waals surface area (Å²) in [6.45, 7) is 2.42. The van der Waals surface area contributed by atoms with E-state index in [0.29, 0.717) is 48.2 Å². The summed E-state index contributed by atoms with van der Waals surface area (Å²) < 4.78 is 18.7. The fraction of sp³-hybridized carbons (Fsp3) is 0.478. The van der Waals surface area contributed by atoms with Crippen LogP contribution < -0.4 is 9.47 Å². The third-order valence-electron chi connectivity index (χ3n) is 5.84. The van der Waals surface area contributed by atoms with Crippen LogP contribution in [0.4, 0.5) is 0 Å². The lowest BCUT2D eigenvalue weighted by Gasteiger charge is -2.27. The van der Waals surface area contributed by atoms with Crippen LogP contribution in [0.25, 0.3) is 11.4 Å². The van der Waals surface area contributed by atoms with Gasteiger partial charge in [-0.2, -0.15) is 0 Å². The van der Waals surface area contributed by atoms with Crippen LogP contribution in [0.15, 0.2) is 24.5 Å². The van der Waals surface area contributed by atoms with E-state index in [2.05, 4.69) is 25.3 Å². The van der Waals surface area contributed by atoms with Crippen LogP contribution in [-0.2, 0) is 29.8 Å². The normalized spacial score (nSPS) is 18.0. The predicted octanol–water partition coefficient (Wildman–Crippen LogP) is 2.72. The summed E-state index contributed by atoms with van der Waals surface area (Å²) in [6.07, 6.45) is 4.20. The Morgan fingerprint density at radius 1 is 1.24 bits per heavy atom. The summed E-state index contributed by atoms with van der Waals surface area (Å²) in [5, 5.41) is 17.7. The topological polar surface area (TPSA) is 134 Å². The number of pyridine rings is 1. The summed E-state index contributed by atoms with van der Waals surface area (Å²) in [6, 6.07) is 5.40. The van der Waals surface area contributed by atoms with Gasteiger partial charge >= 0.3 is 5.97 Å². The highest BCUT2D eigenvalue weighted by Gasteiger charge is 2.28. The molecule has 1 fully saturated rings. The zero-order valence-electron chi connectivity index (χ0n) is 19.5. The molecule has 11 heteroatoms. The average Bonchev–Trinajstić information content (AvgIpc) is 3.20. The molecular weight excluding hydrogens is 440 g/mol. The molecule has 1 N–H and O–H groups in total. The first-order valence-electron chi connectivity index (χ1n) is 11.1. The van der Waals surface area contributed by atoms with Crippen molar-refractivity contribution in [2.75, 3.05) is 7.11 Å². The smallest absolute Gasteiger partial charge is 0.306 e. The minimum absolute atomic E-state index is 0.127. The molecule has 0 radical (unpaired) electrons. The molecule has 3 aromatic rings. The van der Waals surface area contributed by atoms with Gasteiger partial charge in [0.15, 0.2) is 0 Å². The van der Waals surface area contributed by atoms with Gasteiger partial charge in [-0.15, -0.1) is 5.10 Å². The van der Waals surface area contributed by atoms with E-state index < -0.39 is 5.97 Å². The number of aromatic nitrogens is 6. The molecule has 0 aromatic carbocycles. The van der Waals surface area contributed by atoms with Crippen molar-refractivity contribution >= 4 is 5.97 Å². The fourth-order valence-electron chi connectivity index (χ4n) is 4.02. The Morgan fingerprint density at radius 3 is 2.85 bits per heavy atom. The van der Waals surface area contributed by atoms with Crippen LogP contribution in [0.2, 0.25) is 0 Å². The second kappa shape index (κ2) is 10.6. The molecule has 1 saturated carbocycles. The van der Waals surface area contributed by atoms with Crippen molar-refractivity contribution in [1.82, 2.24) is 29.9 Å². The zero-order valence-corrected chi connectivity index (χ0v) is 19.5. The number of methoxy groups -OCH3 is 1. The highest BCUT2D eigenvalue weighted by Crippen LogP contribution is 2.30. The molecule has 0 saturated heterocycles. The number of carboxylic acids is 1. The molecular formula is C23H28N6O5. The van der Waals surface area contributed by atoms with Gasteiger partial charge < -0.3 is 19.3 Å². The SMILES string of the molecule is COCc1cc(OCc2c(-c3ccc(O[C@H]4CCC[C@H](C(=O)O)C4)c(C)n3)nnn2C)ncn1. The minimum atomic E-state index is -0.757. The van der Waals surface area contributed by atoms with Crippen LogP contribution in [0, 0.1) is 12.8 Å². The lowest BCUT2D eigenvalue weighted by molar-refractivity contribution is -0.143. The van der Waals surface area contributed by atoms with E-state index in [4.69, 9.17) is 14.2 Å². The maximum atomic E-state index is 11.3. The number of hydrogen-bond donors (Lipinski definition) is 1. The molecule has 0 bridgehead atoms. The van der Waals surface area contributed by atoms with Crippen molar-refractivity contribution in [2.45, 2.75) is 51.9 Å². The van der Waals surface area contributed by atoms with Crippen molar-refractivity contribution in [3.05, 3.63) is 41.6 Å². The Hall–Kier alpha value is -3.60. The molecule has 2 atom stereocenters. The maximum Gasteiger partial charge on any atom is 0.306 e. The van der Waals surface area contributed by atoms with Crippen LogP contribution in [0.1, 0.15) is 42.8 Å². The zero-order chi connectivity index (χ0) is 24.1. The number of ether oxygens (including phenoxy) is 3. The largest absolute Gasteiger partial charge is 0.489 e. The first-order valence-corrected chi connectivity index (χ1v) is 11.1. The number of aryl methyl sites for hydroxylation is 2. The monoisotopic (exact) mass is 468 g/mol. The van der Waals surface area contributed by atoms with Gasteiger partial charge in [0.25, 0.3) is 0 Å². The number of rotatable bonds is 9. The molecule has 4 rings (SSSR count). The van der Waals surface area contributed by atoms with Crippen molar-refractivity contribution in [3.63, 3.8) is 0 Å². The number of aliphatic carboxylic acids is 1. The van der Waals surface area contributed by atoms with Crippen LogP contribution >= 0.6 is 0 Å². The lowest BCUT2D eigenvalue weighted by Crippen LogP contribution is -2.29. The lowest BCUT2D eigenvalue weighted by atomic mass is 9.87. The highest BCUT2D eigenvalue weighted by atomic mass is 16.5. The number of carbonyl (C=O) groups is 1. The van der Waals surface area contributed by atoms with Gasteiger partial charge in [-0.25, -0.2) is 19.6 Å². The van der Waals surface area contributed by atoms with Crippen molar-refractivity contribution in [3.8, 4) is 23.0 Å². The Bertz CT molecular complexity index is 1150. The van der Waals surface area contributed by atoms with Gasteiger partial charge in [-0.05, 0) is 44.7 Å². The summed E-state index contributed by atoms with van der Waals surface area (Å²) in [7, 11) is 3.39. The Morgan fingerprint density at radius 2 is 2.09 bits per heavy atom. The van der Waals surface area contributed by atoms with Gasteiger partial charge in [0.05, 0.1) is 35.7 Å². The number of nitrogens with zero attached hydrogens (tertiary/aromatic N) is 6. The molecule has 11 nitrogen and oxygen atoms in total. The summed E-state index contributed by atoms with van der Waals surface area (Å²) >= 11 is 0. The number of carboxylic acid groups (broad SMARTS) is 1. The highest BCUT2D eigenvalue weighted by molar-refractivity contribution is 5.70. The van der Waals surface area contributed by atoms with Gasteiger partial charge in [0.2, 0.25) is 5.88 Å². The van der Waals surface area contributed by atoms with Crippen LogP contribution in [-0.4, -0.2) is 54.2 Å². The summed E-state index contributed by atoms with van der Waals surface area (Å²) in [5.41, 5.74) is 3.41. The van der Waals surface area contributed by atoms with Crippen LogP contribution in [0.3, 0.4) is 0 Å². The molecule has 180 valence electrons. The molecule has 1 aliphatic rings. The Labute approximate surface area is 197 Å². The van der Waals surface area contributed by atoms with Crippen molar-refractivity contribution in [2.24, 2.45) is 13.0 Å². The quantitative estimate of drug-likeness (QED) is 0.499. The third-order valence-corrected chi connectivity index (χ3v) is 5.84.